The van der Waals surface area contributed by atoms with Crippen LogP contribution in [0.1, 0.15) is 38.8 Å². The summed E-state index contributed by atoms with van der Waals surface area (Å²) in [6.07, 6.45) is 0.0263. The zero-order chi connectivity index (χ0) is 20.9. The smallest absolute Gasteiger partial charge is 0.242 e. The minimum atomic E-state index is -0.645. The highest BCUT2D eigenvalue weighted by atomic mass is 35.5. The molecule has 0 spiro atoms. The summed E-state index contributed by atoms with van der Waals surface area (Å²) >= 11 is 12.5. The molecule has 0 aliphatic heterocycles. The maximum atomic E-state index is 13.2. The van der Waals surface area contributed by atoms with Gasteiger partial charge in [0.25, 0.3) is 0 Å². The molecule has 0 fully saturated rings. The van der Waals surface area contributed by atoms with Gasteiger partial charge in [0.05, 0.1) is 6.42 Å². The fourth-order valence-electron chi connectivity index (χ4n) is 2.79. The molecule has 2 amide bonds. The topological polar surface area (TPSA) is 49.4 Å². The molecule has 0 aliphatic carbocycles. The van der Waals surface area contributed by atoms with Crippen molar-refractivity contribution in [1.82, 2.24) is 10.2 Å². The van der Waals surface area contributed by atoms with Crippen LogP contribution in [-0.2, 0) is 22.6 Å². The van der Waals surface area contributed by atoms with E-state index >= 15 is 0 Å². The fourth-order valence-corrected chi connectivity index (χ4v) is 3.32. The van der Waals surface area contributed by atoms with Gasteiger partial charge in [0.1, 0.15) is 6.04 Å². The lowest BCUT2D eigenvalue weighted by molar-refractivity contribution is -0.140. The number of amides is 2. The van der Waals surface area contributed by atoms with E-state index in [9.17, 15) is 9.59 Å². The van der Waals surface area contributed by atoms with Gasteiger partial charge in [-0.15, -0.1) is 0 Å². The van der Waals surface area contributed by atoms with Crippen LogP contribution < -0.4 is 5.32 Å². The van der Waals surface area contributed by atoms with Crippen molar-refractivity contribution < 1.29 is 9.59 Å². The molecule has 0 aliphatic rings. The number of carbonyl (C=O) groups is 2. The van der Waals surface area contributed by atoms with Gasteiger partial charge in [0.15, 0.2) is 0 Å². The Morgan fingerprint density at radius 3 is 2.11 bits per heavy atom. The molecule has 1 N–H and O–H groups in total. The van der Waals surface area contributed by atoms with Crippen LogP contribution in [0.3, 0.4) is 0 Å². The summed E-state index contributed by atoms with van der Waals surface area (Å²) in [6, 6.07) is 14.1. The van der Waals surface area contributed by atoms with E-state index in [1.807, 2.05) is 51.1 Å². The molecule has 2 aromatic rings. The molecule has 0 unspecified atom stereocenters. The van der Waals surface area contributed by atoms with Crippen LogP contribution in [-0.4, -0.2) is 28.3 Å². The Hall–Kier alpha value is -2.04. The number of rotatable bonds is 6. The molecule has 1 atom stereocenters. The van der Waals surface area contributed by atoms with Crippen LogP contribution in [0.25, 0.3) is 0 Å². The first-order chi connectivity index (χ1) is 13.1. The van der Waals surface area contributed by atoms with Crippen molar-refractivity contribution in [3.63, 3.8) is 0 Å². The summed E-state index contributed by atoms with van der Waals surface area (Å²) in [5.74, 6) is -0.419. The second-order valence-corrected chi connectivity index (χ2v) is 8.61. The number of carbonyl (C=O) groups excluding carboxylic acids is 2. The normalized spacial score (nSPS) is 12.4. The van der Waals surface area contributed by atoms with E-state index < -0.39 is 11.6 Å². The third-order valence-electron chi connectivity index (χ3n) is 4.25. The van der Waals surface area contributed by atoms with E-state index in [1.165, 1.54) is 0 Å². The minimum absolute atomic E-state index is 0.0263. The molecule has 0 bridgehead atoms. The molecule has 0 radical (unpaired) electrons. The highest BCUT2D eigenvalue weighted by Gasteiger charge is 2.29. The molecule has 0 aromatic heterocycles. The lowest BCUT2D eigenvalue weighted by atomic mass is 10.1. The zero-order valence-corrected chi connectivity index (χ0v) is 18.1. The average Bonchev–Trinajstić information content (AvgIpc) is 2.61. The Kier molecular flexibility index (Phi) is 7.50. The Balaban J connectivity index is 2.29. The predicted molar refractivity (Wildman–Crippen MR) is 115 cm³/mol. The number of hydrogen-bond donors (Lipinski definition) is 1. The summed E-state index contributed by atoms with van der Waals surface area (Å²) in [7, 11) is 0. The number of hydrogen-bond acceptors (Lipinski definition) is 2. The lowest BCUT2D eigenvalue weighted by Gasteiger charge is -2.31. The SMILES string of the molecule is C[C@H](C(=O)NC(C)(C)C)N(Cc1ccccc1)C(=O)Cc1c(Cl)cccc1Cl. The summed E-state index contributed by atoms with van der Waals surface area (Å²) < 4.78 is 0. The summed E-state index contributed by atoms with van der Waals surface area (Å²) in [5.41, 5.74) is 1.12. The summed E-state index contributed by atoms with van der Waals surface area (Å²) in [5, 5.41) is 3.82. The van der Waals surface area contributed by atoms with Crippen LogP contribution >= 0.6 is 23.2 Å². The van der Waals surface area contributed by atoms with Crippen molar-refractivity contribution in [3.8, 4) is 0 Å². The highest BCUT2D eigenvalue weighted by molar-refractivity contribution is 6.36. The van der Waals surface area contributed by atoms with Crippen molar-refractivity contribution in [2.75, 3.05) is 0 Å². The second-order valence-electron chi connectivity index (χ2n) is 7.80. The van der Waals surface area contributed by atoms with E-state index in [0.29, 0.717) is 22.2 Å². The van der Waals surface area contributed by atoms with Crippen molar-refractivity contribution in [2.45, 2.75) is 52.2 Å². The van der Waals surface area contributed by atoms with Gasteiger partial charge in [-0.1, -0.05) is 59.6 Å². The number of nitrogens with zero attached hydrogens (tertiary/aromatic N) is 1. The van der Waals surface area contributed by atoms with Gasteiger partial charge in [-0.2, -0.15) is 0 Å². The molecular weight excluding hydrogens is 395 g/mol. The molecule has 0 saturated carbocycles. The van der Waals surface area contributed by atoms with Crippen LogP contribution in [0, 0.1) is 0 Å². The third-order valence-corrected chi connectivity index (χ3v) is 4.96. The van der Waals surface area contributed by atoms with Crippen LogP contribution in [0.4, 0.5) is 0 Å². The van der Waals surface area contributed by atoms with Crippen molar-refractivity contribution >= 4 is 35.0 Å². The quantitative estimate of drug-likeness (QED) is 0.724. The van der Waals surface area contributed by atoms with E-state index in [1.54, 1.807) is 30.0 Å². The van der Waals surface area contributed by atoms with Gasteiger partial charge in [-0.3, -0.25) is 9.59 Å². The maximum absolute atomic E-state index is 13.2. The number of halogens is 2. The molecule has 150 valence electrons. The zero-order valence-electron chi connectivity index (χ0n) is 16.6. The molecule has 0 saturated heterocycles. The highest BCUT2D eigenvalue weighted by Crippen LogP contribution is 2.26. The summed E-state index contributed by atoms with van der Waals surface area (Å²) in [4.78, 5) is 27.5. The maximum Gasteiger partial charge on any atom is 0.242 e. The fraction of sp³-hybridized carbons (Fsp3) is 0.364. The first kappa shape index (κ1) is 22.3. The van der Waals surface area contributed by atoms with Gasteiger partial charge < -0.3 is 10.2 Å². The van der Waals surface area contributed by atoms with Crippen LogP contribution in [0.2, 0.25) is 10.0 Å². The lowest BCUT2D eigenvalue weighted by Crippen LogP contribution is -2.52. The first-order valence-corrected chi connectivity index (χ1v) is 9.92. The largest absolute Gasteiger partial charge is 0.350 e. The van der Waals surface area contributed by atoms with Gasteiger partial charge in [-0.05, 0) is 51.0 Å². The third kappa shape index (κ3) is 6.25. The standard InChI is InChI=1S/C22H26Cl2N2O2/c1-15(21(28)25-22(2,3)4)26(14-16-9-6-5-7-10-16)20(27)13-17-18(23)11-8-12-19(17)24/h5-12,15H,13-14H2,1-4H3,(H,25,28)/t15-/m1/s1. The molecule has 0 heterocycles. The first-order valence-electron chi connectivity index (χ1n) is 9.17. The molecule has 2 rings (SSSR count). The van der Waals surface area contributed by atoms with Crippen molar-refractivity contribution in [3.05, 3.63) is 69.7 Å². The average molecular weight is 421 g/mol. The Morgan fingerprint density at radius 1 is 1.00 bits per heavy atom. The van der Waals surface area contributed by atoms with Crippen molar-refractivity contribution in [2.24, 2.45) is 0 Å². The predicted octanol–water partition coefficient (Wildman–Crippen LogP) is 4.87. The number of nitrogens with one attached hydrogen (secondary N) is 1. The molecule has 6 heteroatoms. The van der Waals surface area contributed by atoms with E-state index in [0.717, 1.165) is 5.56 Å². The van der Waals surface area contributed by atoms with Gasteiger partial charge in [0.2, 0.25) is 11.8 Å². The molecule has 4 nitrogen and oxygen atoms in total. The minimum Gasteiger partial charge on any atom is -0.350 e. The Morgan fingerprint density at radius 2 is 1.57 bits per heavy atom. The van der Waals surface area contributed by atoms with Gasteiger partial charge in [0, 0.05) is 22.1 Å². The van der Waals surface area contributed by atoms with E-state index in [-0.39, 0.29) is 18.2 Å². The van der Waals surface area contributed by atoms with Crippen LogP contribution in [0.5, 0.6) is 0 Å². The molecule has 28 heavy (non-hydrogen) atoms. The molecular formula is C22H26Cl2N2O2. The summed E-state index contributed by atoms with van der Waals surface area (Å²) in [6.45, 7) is 7.77. The monoisotopic (exact) mass is 420 g/mol. The molecule has 2 aromatic carbocycles. The van der Waals surface area contributed by atoms with Crippen molar-refractivity contribution in [1.29, 1.82) is 0 Å². The van der Waals surface area contributed by atoms with Crippen LogP contribution in [0.15, 0.2) is 48.5 Å². The number of benzene rings is 2. The Bertz CT molecular complexity index is 812. The van der Waals surface area contributed by atoms with Gasteiger partial charge in [-0.25, -0.2) is 0 Å². The van der Waals surface area contributed by atoms with E-state index in [2.05, 4.69) is 5.32 Å². The second kappa shape index (κ2) is 9.44. The van der Waals surface area contributed by atoms with Gasteiger partial charge >= 0.3 is 0 Å². The Labute approximate surface area is 176 Å². The van der Waals surface area contributed by atoms with E-state index in [4.69, 9.17) is 23.2 Å².